The zero-order valence-electron chi connectivity index (χ0n) is 29.9. The summed E-state index contributed by atoms with van der Waals surface area (Å²) in [5, 5.41) is 2.71. The van der Waals surface area contributed by atoms with Crippen LogP contribution >= 0.6 is 0 Å². The maximum Gasteiger partial charge on any atom is 0.407 e. The Balaban J connectivity index is 0.933. The molecule has 3 aliphatic heterocycles. The van der Waals surface area contributed by atoms with Crippen molar-refractivity contribution in [2.75, 3.05) is 33.4 Å². The molecule has 2 aromatic heterocycles. The Bertz CT molecular complexity index is 2090. The average Bonchev–Trinajstić information content (AvgIpc) is 4.03. The van der Waals surface area contributed by atoms with Crippen molar-refractivity contribution in [3.8, 4) is 33.6 Å². The Morgan fingerprint density at radius 2 is 1.28 bits per heavy atom. The van der Waals surface area contributed by atoms with Gasteiger partial charge in [-0.2, -0.15) is 0 Å². The first-order chi connectivity index (χ1) is 25.8. The van der Waals surface area contributed by atoms with Gasteiger partial charge in [-0.05, 0) is 60.4 Å². The van der Waals surface area contributed by atoms with Gasteiger partial charge >= 0.3 is 6.09 Å². The standard InChI is InChI=1S/C41H43N7O5/c1-41(24-53-25-41)39(50)48-21-7-11-34(48)37-43-23-32(45-37)29-18-14-27(15-19-29)26-12-16-28(17-13-26)31-22-42-36(44-31)33-10-6-20-47(33)38(49)35(46-40(51)52-2)30-8-4-3-5-9-30/h3-5,8-9,12-19,22-23,33-35H,6-7,10-11,20-21,24-25H2,1-2H3,(H,42,44)(H,43,45)(H,46,51)/t33-,34-,35+/m0/s1. The van der Waals surface area contributed by atoms with E-state index in [9.17, 15) is 14.4 Å². The van der Waals surface area contributed by atoms with Gasteiger partial charge in [-0.25, -0.2) is 14.8 Å². The van der Waals surface area contributed by atoms with E-state index < -0.39 is 17.6 Å². The average molecular weight is 714 g/mol. The SMILES string of the molecule is COC(=O)N[C@@H](C(=O)N1CCC[C@H]1c1ncc(-c2ccc(-c3ccc(-c4cnc([C@@H]5CCCN5C(=O)C5(C)COC5)[nH]4)cc3)cc2)[nH]1)c1ccccc1. The van der Waals surface area contributed by atoms with Crippen LogP contribution in [-0.2, 0) is 19.1 Å². The number of carbonyl (C=O) groups is 3. The van der Waals surface area contributed by atoms with Crippen LogP contribution in [0.4, 0.5) is 4.79 Å². The zero-order chi connectivity index (χ0) is 36.5. The molecule has 53 heavy (non-hydrogen) atoms. The highest BCUT2D eigenvalue weighted by Crippen LogP contribution is 2.38. The lowest BCUT2D eigenvalue weighted by Gasteiger charge is -2.40. The second-order valence-electron chi connectivity index (χ2n) is 14.4. The fourth-order valence-corrected chi connectivity index (χ4v) is 7.75. The summed E-state index contributed by atoms with van der Waals surface area (Å²) in [6.45, 7) is 4.26. The second kappa shape index (κ2) is 14.3. The van der Waals surface area contributed by atoms with Crippen molar-refractivity contribution >= 4 is 17.9 Å². The number of rotatable bonds is 9. The molecule has 3 saturated heterocycles. The molecule has 0 unspecified atom stereocenters. The maximum absolute atomic E-state index is 13.9. The van der Waals surface area contributed by atoms with Gasteiger partial charge in [-0.1, -0.05) is 78.9 Å². The number of nitrogens with one attached hydrogen (secondary N) is 3. The summed E-state index contributed by atoms with van der Waals surface area (Å²) in [5.74, 6) is 1.50. The lowest BCUT2D eigenvalue weighted by atomic mass is 9.86. The molecular formula is C41H43N7O5. The number of alkyl carbamates (subject to hydrolysis) is 1. The van der Waals surface area contributed by atoms with Crippen molar-refractivity contribution in [1.29, 1.82) is 0 Å². The molecular weight excluding hydrogens is 670 g/mol. The summed E-state index contributed by atoms with van der Waals surface area (Å²) >= 11 is 0. The van der Waals surface area contributed by atoms with E-state index in [1.54, 1.807) is 4.90 Å². The fourth-order valence-electron chi connectivity index (χ4n) is 7.75. The topological polar surface area (TPSA) is 146 Å². The van der Waals surface area contributed by atoms with E-state index in [2.05, 4.69) is 63.8 Å². The van der Waals surface area contributed by atoms with Crippen LogP contribution in [0, 0.1) is 5.41 Å². The van der Waals surface area contributed by atoms with E-state index in [1.165, 1.54) is 7.11 Å². The van der Waals surface area contributed by atoms with Crippen LogP contribution < -0.4 is 5.32 Å². The number of aromatic amines is 2. The number of carbonyl (C=O) groups excluding carboxylic acids is 3. The molecule has 272 valence electrons. The Labute approximate surface area is 307 Å². The minimum Gasteiger partial charge on any atom is -0.453 e. The Hall–Kier alpha value is -5.75. The second-order valence-corrected chi connectivity index (χ2v) is 14.4. The molecule has 0 saturated carbocycles. The molecule has 3 aromatic carbocycles. The van der Waals surface area contributed by atoms with Crippen LogP contribution in [0.3, 0.4) is 0 Å². The van der Waals surface area contributed by atoms with Crippen LogP contribution in [-0.4, -0.2) is 81.1 Å². The van der Waals surface area contributed by atoms with Gasteiger partial charge in [0.1, 0.15) is 17.7 Å². The molecule has 5 aromatic rings. The highest BCUT2D eigenvalue weighted by molar-refractivity contribution is 5.87. The van der Waals surface area contributed by atoms with Crippen molar-refractivity contribution < 1.29 is 23.9 Å². The van der Waals surface area contributed by atoms with Crippen molar-refractivity contribution in [3.63, 3.8) is 0 Å². The summed E-state index contributed by atoms with van der Waals surface area (Å²) in [6, 6.07) is 24.7. The van der Waals surface area contributed by atoms with Crippen molar-refractivity contribution in [1.82, 2.24) is 35.1 Å². The fraction of sp³-hybridized carbons (Fsp3) is 0.341. The molecule has 12 nitrogen and oxygen atoms in total. The van der Waals surface area contributed by atoms with E-state index >= 15 is 0 Å². The molecule has 3 aliphatic rings. The Morgan fingerprint density at radius 3 is 1.79 bits per heavy atom. The van der Waals surface area contributed by atoms with Crippen LogP contribution in [0.15, 0.2) is 91.3 Å². The molecule has 5 heterocycles. The van der Waals surface area contributed by atoms with E-state index in [0.29, 0.717) is 31.1 Å². The van der Waals surface area contributed by atoms with E-state index in [1.807, 2.05) is 54.5 Å². The molecule has 3 N–H and O–H groups in total. The number of ether oxygens (including phenoxy) is 2. The van der Waals surface area contributed by atoms with Gasteiger partial charge in [0.2, 0.25) is 5.91 Å². The third kappa shape index (κ3) is 6.70. The Kier molecular flexibility index (Phi) is 9.30. The van der Waals surface area contributed by atoms with Gasteiger partial charge < -0.3 is 34.6 Å². The highest BCUT2D eigenvalue weighted by Gasteiger charge is 2.47. The lowest BCUT2D eigenvalue weighted by Crippen LogP contribution is -2.53. The molecule has 0 bridgehead atoms. The van der Waals surface area contributed by atoms with Gasteiger partial charge in [0.05, 0.1) is 61.6 Å². The monoisotopic (exact) mass is 713 g/mol. The third-order valence-electron chi connectivity index (χ3n) is 10.8. The van der Waals surface area contributed by atoms with Crippen molar-refractivity contribution in [2.45, 2.75) is 50.7 Å². The first kappa shape index (κ1) is 34.3. The quantitative estimate of drug-likeness (QED) is 0.156. The zero-order valence-corrected chi connectivity index (χ0v) is 29.9. The number of H-pyrrole nitrogens is 2. The summed E-state index contributed by atoms with van der Waals surface area (Å²) in [4.78, 5) is 59.4. The highest BCUT2D eigenvalue weighted by atomic mass is 16.5. The molecule has 0 aliphatic carbocycles. The number of hydrogen-bond acceptors (Lipinski definition) is 7. The van der Waals surface area contributed by atoms with Crippen LogP contribution in [0.25, 0.3) is 33.6 Å². The number of hydrogen-bond donors (Lipinski definition) is 3. The van der Waals surface area contributed by atoms with E-state index in [0.717, 1.165) is 71.7 Å². The number of methoxy groups -OCH3 is 1. The predicted molar refractivity (Wildman–Crippen MR) is 198 cm³/mol. The van der Waals surface area contributed by atoms with Crippen molar-refractivity contribution in [2.24, 2.45) is 5.41 Å². The van der Waals surface area contributed by atoms with Gasteiger partial charge in [-0.3, -0.25) is 9.59 Å². The lowest BCUT2D eigenvalue weighted by molar-refractivity contribution is -0.169. The van der Waals surface area contributed by atoms with Gasteiger partial charge in [0, 0.05) is 13.1 Å². The first-order valence-electron chi connectivity index (χ1n) is 18.2. The smallest absolute Gasteiger partial charge is 0.407 e. The minimum atomic E-state index is -0.867. The van der Waals surface area contributed by atoms with E-state index in [4.69, 9.17) is 19.4 Å². The molecule has 3 atom stereocenters. The normalized spacial score (nSPS) is 19.8. The number of amides is 3. The van der Waals surface area contributed by atoms with Gasteiger partial charge in [0.25, 0.3) is 5.91 Å². The van der Waals surface area contributed by atoms with E-state index in [-0.39, 0.29) is 23.9 Å². The van der Waals surface area contributed by atoms with Gasteiger partial charge in [-0.15, -0.1) is 0 Å². The maximum atomic E-state index is 13.9. The summed E-state index contributed by atoms with van der Waals surface area (Å²) < 4.78 is 10.2. The minimum absolute atomic E-state index is 0.0423. The van der Waals surface area contributed by atoms with Crippen LogP contribution in [0.5, 0.6) is 0 Å². The molecule has 0 radical (unpaired) electrons. The largest absolute Gasteiger partial charge is 0.453 e. The molecule has 0 spiro atoms. The number of imidazole rings is 2. The summed E-state index contributed by atoms with van der Waals surface area (Å²) in [7, 11) is 1.29. The number of aromatic nitrogens is 4. The summed E-state index contributed by atoms with van der Waals surface area (Å²) in [6.07, 6.45) is 6.46. The van der Waals surface area contributed by atoms with Crippen LogP contribution in [0.2, 0.25) is 0 Å². The van der Waals surface area contributed by atoms with Crippen molar-refractivity contribution in [3.05, 3.63) is 108 Å². The number of nitrogens with zero attached hydrogens (tertiary/aromatic N) is 4. The van der Waals surface area contributed by atoms with Gasteiger partial charge in [0.15, 0.2) is 0 Å². The molecule has 12 heteroatoms. The molecule has 8 rings (SSSR count). The first-order valence-corrected chi connectivity index (χ1v) is 18.2. The number of likely N-dealkylation sites (tertiary alicyclic amines) is 2. The third-order valence-corrected chi connectivity index (χ3v) is 10.8. The predicted octanol–water partition coefficient (Wildman–Crippen LogP) is 6.59. The van der Waals surface area contributed by atoms with Crippen LogP contribution in [0.1, 0.15) is 67.9 Å². The molecule has 3 amide bonds. The molecule has 3 fully saturated rings. The number of benzene rings is 3. The summed E-state index contributed by atoms with van der Waals surface area (Å²) in [5.41, 5.74) is 6.23. The Morgan fingerprint density at radius 1 is 0.774 bits per heavy atom.